The first-order chi connectivity index (χ1) is 26.4. The highest BCUT2D eigenvalue weighted by molar-refractivity contribution is 7.17. The highest BCUT2D eigenvalue weighted by atomic mass is 28.3. The van der Waals surface area contributed by atoms with Gasteiger partial charge < -0.3 is 0 Å². The molecule has 7 rings (SSSR count). The van der Waals surface area contributed by atoms with Gasteiger partial charge in [0.15, 0.2) is 8.07 Å². The van der Waals surface area contributed by atoms with E-state index in [9.17, 15) is 0 Å². The van der Waals surface area contributed by atoms with Crippen molar-refractivity contribution in [1.82, 2.24) is 0 Å². The van der Waals surface area contributed by atoms with Gasteiger partial charge in [-0.15, -0.1) is 0 Å². The molecule has 1 aliphatic carbocycles. The van der Waals surface area contributed by atoms with E-state index >= 15 is 0 Å². The van der Waals surface area contributed by atoms with E-state index in [2.05, 4.69) is 197 Å². The summed E-state index contributed by atoms with van der Waals surface area (Å²) in [4.78, 5) is 0. The Bertz CT molecular complexity index is 2190. The van der Waals surface area contributed by atoms with Crippen LogP contribution in [-0.2, 0) is 19.3 Å². The molecule has 0 heterocycles. The number of hydrogen-bond donors (Lipinski definition) is 0. The molecule has 1 heteroatoms. The summed E-state index contributed by atoms with van der Waals surface area (Å²) in [6.07, 6.45) is 2.72. The van der Waals surface area contributed by atoms with Crippen LogP contribution in [0.25, 0.3) is 0 Å². The quantitative estimate of drug-likeness (QED) is 0.0971. The maximum atomic E-state index is 2.59. The second-order valence-corrected chi connectivity index (χ2v) is 20.1. The minimum Gasteiger partial charge on any atom is -0.0636 e. The van der Waals surface area contributed by atoms with E-state index in [1.54, 1.807) is 20.8 Å². The fourth-order valence-electron chi connectivity index (χ4n) is 9.60. The Balaban J connectivity index is 1.73. The van der Waals surface area contributed by atoms with Gasteiger partial charge in [-0.05, 0) is 175 Å². The van der Waals surface area contributed by atoms with Gasteiger partial charge in [0.05, 0.1) is 0 Å². The van der Waals surface area contributed by atoms with Gasteiger partial charge in [-0.3, -0.25) is 0 Å². The molecule has 0 amide bonds. The highest BCUT2D eigenvalue weighted by Crippen LogP contribution is 2.43. The lowest BCUT2D eigenvalue weighted by molar-refractivity contribution is 0.851. The molecule has 0 radical (unpaired) electrons. The zero-order chi connectivity index (χ0) is 39.0. The summed E-state index contributed by atoms with van der Waals surface area (Å²) < 4.78 is 0. The van der Waals surface area contributed by atoms with Crippen molar-refractivity contribution in [3.63, 3.8) is 0 Å². The van der Waals surface area contributed by atoms with E-state index in [1.165, 1.54) is 83.5 Å². The molecule has 1 unspecified atom stereocenters. The molecule has 0 bridgehead atoms. The molecule has 278 valence electrons. The topological polar surface area (TPSA) is 0 Å². The van der Waals surface area contributed by atoms with Gasteiger partial charge in [0.1, 0.15) is 0 Å². The van der Waals surface area contributed by atoms with Gasteiger partial charge >= 0.3 is 0 Å². The van der Waals surface area contributed by atoms with Crippen molar-refractivity contribution in [3.8, 4) is 0 Å². The molecule has 0 N–H and O–H groups in total. The molecular formula is C54H58Si. The fourth-order valence-corrected chi connectivity index (χ4v) is 16.1. The summed E-state index contributed by atoms with van der Waals surface area (Å²) in [7, 11) is -3.12. The van der Waals surface area contributed by atoms with Crippen LogP contribution in [-0.4, -0.2) is 8.07 Å². The average molecular weight is 735 g/mol. The van der Waals surface area contributed by atoms with Crippen molar-refractivity contribution in [3.05, 3.63) is 216 Å². The summed E-state index contributed by atoms with van der Waals surface area (Å²) >= 11 is 0. The molecule has 1 aliphatic rings. The maximum absolute atomic E-state index is 3.12. The Morgan fingerprint density at radius 1 is 0.382 bits per heavy atom. The zero-order valence-electron chi connectivity index (χ0n) is 34.8. The van der Waals surface area contributed by atoms with Gasteiger partial charge in [-0.1, -0.05) is 151 Å². The predicted molar refractivity (Wildman–Crippen MR) is 240 cm³/mol. The van der Waals surface area contributed by atoms with Crippen molar-refractivity contribution in [1.29, 1.82) is 0 Å². The van der Waals surface area contributed by atoms with Crippen molar-refractivity contribution >= 4 is 23.6 Å². The monoisotopic (exact) mass is 734 g/mol. The zero-order valence-corrected chi connectivity index (χ0v) is 35.8. The predicted octanol–water partition coefficient (Wildman–Crippen LogP) is 11.6. The molecule has 0 fully saturated rings. The SMILES string of the molecule is CC1=C(C)C(C)C([Si](c2ccc(C)c(C)c2Cc2ccccc2)(c2ccc(C)c(C)c2Cc2ccccc2)c2ccc(C)c(C)c2Cc2ccccc2)=C1C. The summed E-state index contributed by atoms with van der Waals surface area (Å²) in [6, 6.07) is 48.7. The average Bonchev–Trinajstić information content (AvgIpc) is 3.39. The first-order valence-electron chi connectivity index (χ1n) is 20.2. The molecular weight excluding hydrogens is 677 g/mol. The third kappa shape index (κ3) is 6.82. The van der Waals surface area contributed by atoms with E-state index in [0.29, 0.717) is 5.92 Å². The van der Waals surface area contributed by atoms with Gasteiger partial charge in [0.2, 0.25) is 0 Å². The Morgan fingerprint density at radius 3 is 0.964 bits per heavy atom. The first-order valence-corrected chi connectivity index (χ1v) is 22.2. The van der Waals surface area contributed by atoms with E-state index in [4.69, 9.17) is 0 Å². The Hall–Kier alpha value is -4.98. The van der Waals surface area contributed by atoms with E-state index in [-0.39, 0.29) is 0 Å². The maximum Gasteiger partial charge on any atom is 0.177 e. The molecule has 6 aromatic rings. The van der Waals surface area contributed by atoms with Crippen molar-refractivity contribution < 1.29 is 0 Å². The third-order valence-corrected chi connectivity index (χ3v) is 19.0. The molecule has 0 saturated heterocycles. The van der Waals surface area contributed by atoms with E-state index < -0.39 is 8.07 Å². The normalized spacial score (nSPS) is 14.6. The van der Waals surface area contributed by atoms with Crippen LogP contribution in [0.15, 0.2) is 149 Å². The van der Waals surface area contributed by atoms with Crippen LogP contribution in [0.1, 0.15) is 94.5 Å². The summed E-state index contributed by atoms with van der Waals surface area (Å²) in [6.45, 7) is 23.8. The summed E-state index contributed by atoms with van der Waals surface area (Å²) in [5.74, 6) is 0.315. The van der Waals surface area contributed by atoms with Crippen LogP contribution in [0.3, 0.4) is 0 Å². The van der Waals surface area contributed by atoms with Gasteiger partial charge in [0, 0.05) is 0 Å². The van der Waals surface area contributed by atoms with Crippen LogP contribution in [0.5, 0.6) is 0 Å². The second kappa shape index (κ2) is 15.6. The summed E-state index contributed by atoms with van der Waals surface area (Å²) in [5, 5.41) is 6.32. The smallest absolute Gasteiger partial charge is 0.0636 e. The van der Waals surface area contributed by atoms with Gasteiger partial charge in [-0.25, -0.2) is 0 Å². The molecule has 1 atom stereocenters. The molecule has 0 aromatic heterocycles. The Labute approximate surface area is 332 Å². The van der Waals surface area contributed by atoms with Crippen LogP contribution < -0.4 is 15.6 Å². The van der Waals surface area contributed by atoms with Crippen molar-refractivity contribution in [2.24, 2.45) is 5.92 Å². The standard InChI is InChI=1S/C54H58Si/c1-35-26-29-51(48(38(35)4)32-45-20-14-11-15-21-45)55(54-43(9)41(7)42(8)44(54)10,52-30-27-36(2)39(5)49(52)33-46-22-16-12-17-23-46)53-31-28-37(3)40(6)50(53)34-47-24-18-13-19-25-47/h11-31,43H,32-34H2,1-10H3. The number of hydrogen-bond acceptors (Lipinski definition) is 0. The molecule has 0 nitrogen and oxygen atoms in total. The fraction of sp³-hybridized carbons (Fsp3) is 0.259. The first kappa shape index (κ1) is 38.3. The van der Waals surface area contributed by atoms with Crippen molar-refractivity contribution in [2.75, 3.05) is 0 Å². The largest absolute Gasteiger partial charge is 0.177 e. The van der Waals surface area contributed by atoms with Crippen LogP contribution in [0, 0.1) is 47.5 Å². The lowest BCUT2D eigenvalue weighted by Crippen LogP contribution is -2.72. The highest BCUT2D eigenvalue weighted by Gasteiger charge is 2.51. The van der Waals surface area contributed by atoms with Crippen LogP contribution in [0.2, 0.25) is 0 Å². The minimum atomic E-state index is -3.12. The van der Waals surface area contributed by atoms with Crippen molar-refractivity contribution in [2.45, 2.75) is 88.5 Å². The minimum absolute atomic E-state index is 0.315. The number of rotatable bonds is 10. The Kier molecular flexibility index (Phi) is 10.9. The van der Waals surface area contributed by atoms with E-state index in [0.717, 1.165) is 19.3 Å². The molecule has 0 saturated carbocycles. The second-order valence-electron chi connectivity index (χ2n) is 16.4. The lowest BCUT2D eigenvalue weighted by Gasteiger charge is -2.43. The number of allylic oxidation sites excluding steroid dienone is 4. The van der Waals surface area contributed by atoms with Crippen LogP contribution in [0.4, 0.5) is 0 Å². The summed E-state index contributed by atoms with van der Waals surface area (Å²) in [5.41, 5.74) is 21.4. The van der Waals surface area contributed by atoms with Crippen LogP contribution >= 0.6 is 0 Å². The molecule has 0 spiro atoms. The molecule has 0 aliphatic heterocycles. The van der Waals surface area contributed by atoms with Gasteiger partial charge in [-0.2, -0.15) is 0 Å². The van der Waals surface area contributed by atoms with E-state index in [1.807, 2.05) is 0 Å². The third-order valence-electron chi connectivity index (χ3n) is 13.5. The molecule has 55 heavy (non-hydrogen) atoms. The van der Waals surface area contributed by atoms with Gasteiger partial charge in [0.25, 0.3) is 0 Å². The lowest BCUT2D eigenvalue weighted by atomic mass is 9.96. The number of aryl methyl sites for hydroxylation is 3. The Morgan fingerprint density at radius 2 is 0.691 bits per heavy atom. The molecule has 6 aromatic carbocycles. The number of benzene rings is 6.